The van der Waals surface area contributed by atoms with Crippen LogP contribution in [0, 0.1) is 28.9 Å². The van der Waals surface area contributed by atoms with Gasteiger partial charge in [-0.2, -0.15) is 5.26 Å². The van der Waals surface area contributed by atoms with Gasteiger partial charge in [0.2, 0.25) is 0 Å². The Morgan fingerprint density at radius 3 is 2.65 bits per heavy atom. The monoisotopic (exact) mass is 313 g/mol. The molecule has 2 heterocycles. The molecule has 0 radical (unpaired) electrons. The van der Waals surface area contributed by atoms with Gasteiger partial charge in [0.05, 0.1) is 5.56 Å². The molecule has 0 spiro atoms. The molecule has 3 rings (SSSR count). The summed E-state index contributed by atoms with van der Waals surface area (Å²) in [5, 5.41) is 9.16. The van der Waals surface area contributed by atoms with Gasteiger partial charge in [0.15, 0.2) is 11.6 Å². The van der Waals surface area contributed by atoms with Crippen LogP contribution < -0.4 is 4.90 Å². The van der Waals surface area contributed by atoms with Crippen molar-refractivity contribution in [3.8, 4) is 6.07 Å². The van der Waals surface area contributed by atoms with Gasteiger partial charge in [0.25, 0.3) is 0 Å². The first-order valence-corrected chi connectivity index (χ1v) is 7.71. The lowest BCUT2D eigenvalue weighted by molar-refractivity contribution is 0.401. The van der Waals surface area contributed by atoms with Crippen molar-refractivity contribution in [1.82, 2.24) is 4.98 Å². The van der Waals surface area contributed by atoms with Crippen LogP contribution in [0.1, 0.15) is 24.0 Å². The number of pyridine rings is 1. The average molecular weight is 313 g/mol. The highest BCUT2D eigenvalue weighted by Gasteiger charge is 2.22. The molecule has 0 aliphatic carbocycles. The van der Waals surface area contributed by atoms with Gasteiger partial charge >= 0.3 is 0 Å². The number of hydrogen-bond acceptors (Lipinski definition) is 3. The Kier molecular flexibility index (Phi) is 4.52. The van der Waals surface area contributed by atoms with E-state index < -0.39 is 11.6 Å². The summed E-state index contributed by atoms with van der Waals surface area (Å²) in [7, 11) is 0. The molecular weight excluding hydrogens is 296 g/mol. The molecule has 0 amide bonds. The van der Waals surface area contributed by atoms with Crippen LogP contribution in [0.2, 0.25) is 0 Å². The van der Waals surface area contributed by atoms with Crippen molar-refractivity contribution in [3.05, 3.63) is 59.3 Å². The third-order valence-corrected chi connectivity index (χ3v) is 4.33. The summed E-state index contributed by atoms with van der Waals surface area (Å²) < 4.78 is 26.3. The molecule has 118 valence electrons. The van der Waals surface area contributed by atoms with E-state index in [9.17, 15) is 8.78 Å². The van der Waals surface area contributed by atoms with Crippen LogP contribution in [0.25, 0.3) is 0 Å². The number of halogens is 2. The lowest BCUT2D eigenvalue weighted by Gasteiger charge is -2.33. The van der Waals surface area contributed by atoms with E-state index in [0.29, 0.717) is 11.5 Å². The van der Waals surface area contributed by atoms with Crippen LogP contribution in [0.15, 0.2) is 36.5 Å². The second-order valence-corrected chi connectivity index (χ2v) is 5.87. The van der Waals surface area contributed by atoms with E-state index in [1.54, 1.807) is 24.4 Å². The highest BCUT2D eigenvalue weighted by atomic mass is 19.2. The molecule has 1 saturated heterocycles. The van der Waals surface area contributed by atoms with Gasteiger partial charge in [0, 0.05) is 19.3 Å². The van der Waals surface area contributed by atoms with Crippen molar-refractivity contribution in [2.75, 3.05) is 18.0 Å². The van der Waals surface area contributed by atoms with Gasteiger partial charge in [0.1, 0.15) is 11.9 Å². The van der Waals surface area contributed by atoms with Crippen molar-refractivity contribution in [1.29, 1.82) is 5.26 Å². The maximum absolute atomic E-state index is 13.3. The van der Waals surface area contributed by atoms with Crippen LogP contribution in [-0.4, -0.2) is 18.1 Å². The molecule has 1 fully saturated rings. The van der Waals surface area contributed by atoms with Crippen LogP contribution in [0.5, 0.6) is 0 Å². The van der Waals surface area contributed by atoms with Gasteiger partial charge in [-0.1, -0.05) is 6.07 Å². The molecule has 1 aromatic carbocycles. The third-order valence-electron chi connectivity index (χ3n) is 4.33. The maximum Gasteiger partial charge on any atom is 0.159 e. The Morgan fingerprint density at radius 2 is 1.96 bits per heavy atom. The zero-order chi connectivity index (χ0) is 16.2. The second-order valence-electron chi connectivity index (χ2n) is 5.87. The van der Waals surface area contributed by atoms with Crippen molar-refractivity contribution in [3.63, 3.8) is 0 Å². The van der Waals surface area contributed by atoms with E-state index in [1.807, 2.05) is 0 Å². The van der Waals surface area contributed by atoms with E-state index in [2.05, 4.69) is 16.0 Å². The number of hydrogen-bond donors (Lipinski definition) is 0. The summed E-state index contributed by atoms with van der Waals surface area (Å²) >= 11 is 0. The smallest absolute Gasteiger partial charge is 0.159 e. The fourth-order valence-corrected chi connectivity index (χ4v) is 3.09. The minimum atomic E-state index is -0.803. The largest absolute Gasteiger partial charge is 0.356 e. The van der Waals surface area contributed by atoms with Crippen molar-refractivity contribution in [2.45, 2.75) is 19.3 Å². The Balaban J connectivity index is 1.62. The summed E-state index contributed by atoms with van der Waals surface area (Å²) in [6.07, 6.45) is 4.34. The molecule has 1 aliphatic rings. The van der Waals surface area contributed by atoms with Crippen molar-refractivity contribution < 1.29 is 8.78 Å². The zero-order valence-electron chi connectivity index (χ0n) is 12.7. The highest BCUT2D eigenvalue weighted by Crippen LogP contribution is 2.26. The Labute approximate surface area is 134 Å². The van der Waals surface area contributed by atoms with E-state index in [-0.39, 0.29) is 0 Å². The molecule has 1 aliphatic heterocycles. The number of benzene rings is 1. The Morgan fingerprint density at radius 1 is 1.17 bits per heavy atom. The lowest BCUT2D eigenvalue weighted by atomic mass is 9.90. The first kappa shape index (κ1) is 15.4. The SMILES string of the molecule is N#Cc1cccnc1N1CCC(Cc2ccc(F)c(F)c2)CC1. The third kappa shape index (κ3) is 3.48. The second kappa shape index (κ2) is 6.74. The van der Waals surface area contributed by atoms with E-state index in [1.165, 1.54) is 12.1 Å². The normalized spacial score (nSPS) is 15.4. The summed E-state index contributed by atoms with van der Waals surface area (Å²) in [4.78, 5) is 6.44. The standard InChI is InChI=1S/C18H17F2N3/c19-16-4-3-14(11-17(16)20)10-13-5-8-23(9-6-13)18-15(12-21)2-1-7-22-18/h1-4,7,11,13H,5-6,8-10H2. The molecule has 0 bridgehead atoms. The van der Waals surface area contributed by atoms with Gasteiger partial charge in [-0.05, 0) is 55.0 Å². The van der Waals surface area contributed by atoms with Crippen LogP contribution >= 0.6 is 0 Å². The van der Waals surface area contributed by atoms with Crippen LogP contribution in [0.3, 0.4) is 0 Å². The predicted molar refractivity (Wildman–Crippen MR) is 84.0 cm³/mol. The summed E-state index contributed by atoms with van der Waals surface area (Å²) in [6.45, 7) is 1.64. The minimum absolute atomic E-state index is 0.436. The first-order chi connectivity index (χ1) is 11.2. The summed E-state index contributed by atoms with van der Waals surface area (Å²) in [5.41, 5.74) is 1.42. The number of rotatable bonds is 3. The van der Waals surface area contributed by atoms with E-state index in [0.717, 1.165) is 43.7 Å². The predicted octanol–water partition coefficient (Wildman–Crippen LogP) is 3.69. The minimum Gasteiger partial charge on any atom is -0.356 e. The summed E-state index contributed by atoms with van der Waals surface area (Å²) in [6, 6.07) is 9.83. The number of anilines is 1. The fourth-order valence-electron chi connectivity index (χ4n) is 3.09. The van der Waals surface area contributed by atoms with Crippen LogP contribution in [0.4, 0.5) is 14.6 Å². The molecule has 23 heavy (non-hydrogen) atoms. The van der Waals surface area contributed by atoms with Gasteiger partial charge < -0.3 is 4.90 Å². The molecule has 0 saturated carbocycles. The molecule has 2 aromatic rings. The highest BCUT2D eigenvalue weighted by molar-refractivity contribution is 5.53. The average Bonchev–Trinajstić information content (AvgIpc) is 2.59. The molecule has 3 nitrogen and oxygen atoms in total. The number of nitriles is 1. The maximum atomic E-state index is 13.3. The van der Waals surface area contributed by atoms with Gasteiger partial charge in [-0.25, -0.2) is 13.8 Å². The molecule has 0 atom stereocenters. The molecule has 0 N–H and O–H groups in total. The fraction of sp³-hybridized carbons (Fsp3) is 0.333. The number of piperidine rings is 1. The lowest BCUT2D eigenvalue weighted by Crippen LogP contribution is -2.35. The topological polar surface area (TPSA) is 39.9 Å². The number of nitrogens with zero attached hydrogens (tertiary/aromatic N) is 3. The van der Waals surface area contributed by atoms with E-state index in [4.69, 9.17) is 5.26 Å². The molecule has 0 unspecified atom stereocenters. The van der Waals surface area contributed by atoms with Gasteiger partial charge in [-0.3, -0.25) is 0 Å². The van der Waals surface area contributed by atoms with Crippen molar-refractivity contribution in [2.24, 2.45) is 5.92 Å². The zero-order valence-corrected chi connectivity index (χ0v) is 12.7. The van der Waals surface area contributed by atoms with Gasteiger partial charge in [-0.15, -0.1) is 0 Å². The quantitative estimate of drug-likeness (QED) is 0.867. The van der Waals surface area contributed by atoms with Crippen LogP contribution in [-0.2, 0) is 6.42 Å². The molecular formula is C18H17F2N3. The Hall–Kier alpha value is -2.48. The molecule has 5 heteroatoms. The van der Waals surface area contributed by atoms with E-state index >= 15 is 0 Å². The summed E-state index contributed by atoms with van der Waals surface area (Å²) in [5.74, 6) is -0.415. The molecule has 1 aromatic heterocycles. The number of aromatic nitrogens is 1. The van der Waals surface area contributed by atoms with Crippen molar-refractivity contribution >= 4 is 5.82 Å². The first-order valence-electron chi connectivity index (χ1n) is 7.71. The Bertz CT molecular complexity index is 731.